The zero-order valence-electron chi connectivity index (χ0n) is 8.98. The lowest BCUT2D eigenvalue weighted by Gasteiger charge is -2.12. The molecule has 0 amide bonds. The predicted octanol–water partition coefficient (Wildman–Crippen LogP) is 2.04. The van der Waals surface area contributed by atoms with Gasteiger partial charge in [0.1, 0.15) is 4.90 Å². The van der Waals surface area contributed by atoms with Crippen molar-refractivity contribution in [3.8, 4) is 0 Å². The van der Waals surface area contributed by atoms with E-state index < -0.39 is 10.0 Å². The highest BCUT2D eigenvalue weighted by Gasteiger charge is 2.19. The molecule has 0 unspecified atom stereocenters. The second kappa shape index (κ2) is 6.78. The smallest absolute Gasteiger partial charge is 0.242 e. The van der Waals surface area contributed by atoms with Crippen LogP contribution in [0.5, 0.6) is 0 Å². The summed E-state index contributed by atoms with van der Waals surface area (Å²) in [6, 6.07) is 3.85. The normalized spacial score (nSPS) is 12.9. The average Bonchev–Trinajstić information content (AvgIpc) is 2.16. The Morgan fingerprint density at radius 2 is 2.00 bits per heavy atom. The van der Waals surface area contributed by atoms with Crippen molar-refractivity contribution in [2.75, 3.05) is 6.54 Å². The fraction of sp³-hybridized carbons (Fsp3) is 0.333. The van der Waals surface area contributed by atoms with Crippen LogP contribution in [-0.4, -0.2) is 21.0 Å². The van der Waals surface area contributed by atoms with Crippen LogP contribution in [0, 0.1) is 0 Å². The van der Waals surface area contributed by atoms with Gasteiger partial charge in [0.05, 0.1) is 5.02 Å². The molecule has 98 valence electrons. The molecule has 0 radical (unpaired) electrons. The first-order valence-electron chi connectivity index (χ1n) is 4.54. The summed E-state index contributed by atoms with van der Waals surface area (Å²) in [4.78, 5) is -0.00105. The van der Waals surface area contributed by atoms with E-state index in [1.165, 1.54) is 18.2 Å². The van der Waals surface area contributed by atoms with E-state index in [1.807, 2.05) is 0 Å². The van der Waals surface area contributed by atoms with Gasteiger partial charge in [-0.1, -0.05) is 23.2 Å². The molecule has 3 N–H and O–H groups in total. The van der Waals surface area contributed by atoms with Crippen molar-refractivity contribution in [2.24, 2.45) is 5.73 Å². The average molecular weight is 320 g/mol. The molecule has 0 fully saturated rings. The van der Waals surface area contributed by atoms with E-state index in [-0.39, 0.29) is 34.9 Å². The minimum atomic E-state index is -3.64. The highest BCUT2D eigenvalue weighted by atomic mass is 35.5. The van der Waals surface area contributed by atoms with Gasteiger partial charge in [0.15, 0.2) is 0 Å². The molecule has 0 aliphatic heterocycles. The first kappa shape index (κ1) is 17.0. The van der Waals surface area contributed by atoms with Crippen molar-refractivity contribution in [2.45, 2.75) is 17.9 Å². The fourth-order valence-corrected chi connectivity index (χ4v) is 3.10. The SMILES string of the molecule is C[C@@H](CN)NS(=O)(=O)c1ccc(Cl)cc1Cl.Cl. The summed E-state index contributed by atoms with van der Waals surface area (Å²) < 4.78 is 26.1. The maximum absolute atomic E-state index is 11.8. The number of nitrogens with one attached hydrogen (secondary N) is 1. The first-order valence-corrected chi connectivity index (χ1v) is 6.78. The molecular formula is C9H13Cl3N2O2S. The van der Waals surface area contributed by atoms with Crippen LogP contribution in [0.4, 0.5) is 0 Å². The molecule has 1 atom stereocenters. The van der Waals surface area contributed by atoms with Gasteiger partial charge in [0.25, 0.3) is 0 Å². The number of sulfonamides is 1. The molecule has 1 aromatic rings. The Morgan fingerprint density at radius 1 is 1.41 bits per heavy atom. The van der Waals surface area contributed by atoms with Crippen LogP contribution < -0.4 is 10.5 Å². The number of benzene rings is 1. The summed E-state index contributed by atoms with van der Waals surface area (Å²) in [6.07, 6.45) is 0. The van der Waals surface area contributed by atoms with Crippen LogP contribution in [0.3, 0.4) is 0 Å². The Bertz CT molecular complexity index is 479. The molecule has 0 aromatic heterocycles. The standard InChI is InChI=1S/C9H12Cl2N2O2S.ClH/c1-6(5-12)13-16(14,15)9-3-2-7(10)4-8(9)11;/h2-4,6,13H,5,12H2,1H3;1H/t6-;/m0./s1. The Morgan fingerprint density at radius 3 is 2.47 bits per heavy atom. The summed E-state index contributed by atoms with van der Waals surface area (Å²) in [6.45, 7) is 1.88. The summed E-state index contributed by atoms with van der Waals surface area (Å²) >= 11 is 11.5. The van der Waals surface area contributed by atoms with Crippen LogP contribution in [0.2, 0.25) is 10.0 Å². The number of rotatable bonds is 4. The maximum atomic E-state index is 11.8. The van der Waals surface area contributed by atoms with Gasteiger partial charge in [-0.05, 0) is 25.1 Å². The number of halogens is 3. The second-order valence-electron chi connectivity index (χ2n) is 3.33. The maximum Gasteiger partial charge on any atom is 0.242 e. The van der Waals surface area contributed by atoms with Crippen molar-refractivity contribution >= 4 is 45.6 Å². The van der Waals surface area contributed by atoms with Gasteiger partial charge in [0, 0.05) is 17.6 Å². The van der Waals surface area contributed by atoms with Crippen LogP contribution >= 0.6 is 35.6 Å². The van der Waals surface area contributed by atoms with Gasteiger partial charge < -0.3 is 5.73 Å². The quantitative estimate of drug-likeness (QED) is 0.892. The Labute approximate surface area is 117 Å². The van der Waals surface area contributed by atoms with Gasteiger partial charge in [0.2, 0.25) is 10.0 Å². The van der Waals surface area contributed by atoms with Crippen LogP contribution in [0.15, 0.2) is 23.1 Å². The lowest BCUT2D eigenvalue weighted by atomic mass is 10.4. The molecule has 0 heterocycles. The summed E-state index contributed by atoms with van der Waals surface area (Å²) in [5, 5.41) is 0.472. The summed E-state index contributed by atoms with van der Waals surface area (Å²) in [5.74, 6) is 0. The lowest BCUT2D eigenvalue weighted by molar-refractivity contribution is 0.563. The second-order valence-corrected chi connectivity index (χ2v) is 5.86. The highest BCUT2D eigenvalue weighted by molar-refractivity contribution is 7.89. The van der Waals surface area contributed by atoms with Crippen LogP contribution in [0.25, 0.3) is 0 Å². The van der Waals surface area contributed by atoms with E-state index in [1.54, 1.807) is 6.92 Å². The van der Waals surface area contributed by atoms with Crippen molar-refractivity contribution < 1.29 is 8.42 Å². The van der Waals surface area contributed by atoms with Crippen molar-refractivity contribution in [1.82, 2.24) is 4.72 Å². The molecule has 0 aliphatic rings. The minimum Gasteiger partial charge on any atom is -0.329 e. The monoisotopic (exact) mass is 318 g/mol. The van der Waals surface area contributed by atoms with E-state index in [0.717, 1.165) is 0 Å². The van der Waals surface area contributed by atoms with E-state index in [0.29, 0.717) is 5.02 Å². The molecule has 17 heavy (non-hydrogen) atoms. The van der Waals surface area contributed by atoms with Crippen LogP contribution in [-0.2, 0) is 10.0 Å². The topological polar surface area (TPSA) is 72.2 Å². The Balaban J connectivity index is 0.00000256. The molecule has 0 saturated heterocycles. The van der Waals surface area contributed by atoms with Crippen molar-refractivity contribution in [3.63, 3.8) is 0 Å². The molecule has 1 aromatic carbocycles. The van der Waals surface area contributed by atoms with Gasteiger partial charge >= 0.3 is 0 Å². The van der Waals surface area contributed by atoms with E-state index in [2.05, 4.69) is 4.72 Å². The number of hydrogen-bond acceptors (Lipinski definition) is 3. The largest absolute Gasteiger partial charge is 0.329 e. The van der Waals surface area contributed by atoms with E-state index >= 15 is 0 Å². The lowest BCUT2D eigenvalue weighted by Crippen LogP contribution is -2.37. The number of hydrogen-bond donors (Lipinski definition) is 2. The molecule has 0 bridgehead atoms. The van der Waals surface area contributed by atoms with Gasteiger partial charge in [-0.3, -0.25) is 0 Å². The molecule has 1 rings (SSSR count). The zero-order chi connectivity index (χ0) is 12.3. The number of nitrogens with two attached hydrogens (primary N) is 1. The zero-order valence-corrected chi connectivity index (χ0v) is 12.1. The fourth-order valence-electron chi connectivity index (χ4n) is 1.07. The van der Waals surface area contributed by atoms with Gasteiger partial charge in [-0.15, -0.1) is 12.4 Å². The third-order valence-corrected chi connectivity index (χ3v) is 4.20. The van der Waals surface area contributed by atoms with E-state index in [4.69, 9.17) is 28.9 Å². The van der Waals surface area contributed by atoms with Crippen molar-refractivity contribution in [1.29, 1.82) is 0 Å². The summed E-state index contributed by atoms with van der Waals surface area (Å²) in [7, 11) is -3.64. The predicted molar refractivity (Wildman–Crippen MR) is 72.5 cm³/mol. The highest BCUT2D eigenvalue weighted by Crippen LogP contribution is 2.24. The first-order chi connectivity index (χ1) is 7.36. The molecule has 0 saturated carbocycles. The van der Waals surface area contributed by atoms with Gasteiger partial charge in [-0.2, -0.15) is 0 Å². The third kappa shape index (κ3) is 4.62. The molecule has 0 spiro atoms. The third-order valence-electron chi connectivity index (χ3n) is 1.89. The molecule has 4 nitrogen and oxygen atoms in total. The Hall–Kier alpha value is -0.0400. The minimum absolute atomic E-state index is 0. The molecular weight excluding hydrogens is 307 g/mol. The molecule has 0 aliphatic carbocycles. The Kier molecular flexibility index (Phi) is 6.76. The van der Waals surface area contributed by atoms with Gasteiger partial charge in [-0.25, -0.2) is 13.1 Å². The summed E-state index contributed by atoms with van der Waals surface area (Å²) in [5.41, 5.74) is 5.34. The molecule has 8 heteroatoms. The van der Waals surface area contributed by atoms with Crippen LogP contribution in [0.1, 0.15) is 6.92 Å². The van der Waals surface area contributed by atoms with Crippen molar-refractivity contribution in [3.05, 3.63) is 28.2 Å². The van der Waals surface area contributed by atoms with E-state index in [9.17, 15) is 8.42 Å².